The first-order chi connectivity index (χ1) is 14.6. The molecule has 4 rings (SSSR count). The number of rotatable bonds is 4. The van der Waals surface area contributed by atoms with Gasteiger partial charge in [0.2, 0.25) is 10.0 Å². The molecule has 1 aliphatic heterocycles. The number of sulfonamides is 1. The minimum Gasteiger partial charge on any atom is -0.325 e. The topological polar surface area (TPSA) is 99.2 Å². The van der Waals surface area contributed by atoms with E-state index in [1.54, 1.807) is 0 Å². The molecule has 1 atom stereocenters. The third-order valence-corrected chi connectivity index (χ3v) is 7.77. The summed E-state index contributed by atoms with van der Waals surface area (Å²) in [5.41, 5.74) is 0.545. The normalized spacial score (nSPS) is 18.2. The number of fused-ring (bicyclic) bond motifs is 1. The minimum atomic E-state index is -4.06. The van der Waals surface area contributed by atoms with Gasteiger partial charge < -0.3 is 9.13 Å². The van der Waals surface area contributed by atoms with Crippen LogP contribution < -0.4 is 11.2 Å². The number of hydrogen-bond acceptors (Lipinski definition) is 5. The number of benzene rings is 1. The first-order valence-corrected chi connectivity index (χ1v) is 11.8. The van der Waals surface area contributed by atoms with Gasteiger partial charge in [0.25, 0.3) is 5.56 Å². The van der Waals surface area contributed by atoms with E-state index in [1.165, 1.54) is 18.4 Å². The molecule has 0 amide bonds. The largest absolute Gasteiger partial charge is 0.330 e. The van der Waals surface area contributed by atoms with Crippen LogP contribution in [0.15, 0.2) is 44.9 Å². The second-order valence-corrected chi connectivity index (χ2v) is 10.3. The summed E-state index contributed by atoms with van der Waals surface area (Å²) in [5.74, 6) is 0.777. The van der Waals surface area contributed by atoms with Gasteiger partial charge in [0, 0.05) is 45.3 Å². The predicted molar refractivity (Wildman–Crippen MR) is 118 cm³/mol. The van der Waals surface area contributed by atoms with Crippen molar-refractivity contribution in [2.75, 3.05) is 13.1 Å². The summed E-state index contributed by atoms with van der Waals surface area (Å²) >= 11 is 0. The number of piperidine rings is 1. The number of imidazole rings is 1. The Balaban J connectivity index is 1.75. The second kappa shape index (κ2) is 7.76. The Morgan fingerprint density at radius 3 is 2.55 bits per heavy atom. The first-order valence-electron chi connectivity index (χ1n) is 10.4. The van der Waals surface area contributed by atoms with Crippen molar-refractivity contribution in [2.45, 2.75) is 43.5 Å². The molecule has 0 unspecified atom stereocenters. The molecule has 3 aromatic rings. The fourth-order valence-corrected chi connectivity index (χ4v) is 6.03. The van der Waals surface area contributed by atoms with Gasteiger partial charge in [0.1, 0.15) is 5.82 Å². The van der Waals surface area contributed by atoms with Gasteiger partial charge in [-0.1, -0.05) is 12.1 Å². The summed E-state index contributed by atoms with van der Waals surface area (Å²) in [4.78, 5) is 29.0. The van der Waals surface area contributed by atoms with Crippen LogP contribution in [0.5, 0.6) is 0 Å². The van der Waals surface area contributed by atoms with Crippen molar-refractivity contribution in [3.05, 3.63) is 57.1 Å². The Morgan fingerprint density at radius 2 is 1.84 bits per heavy atom. The molecule has 3 heterocycles. The molecule has 1 fully saturated rings. The average molecular weight is 446 g/mol. The highest BCUT2D eigenvalue weighted by atomic mass is 32.2. The summed E-state index contributed by atoms with van der Waals surface area (Å²) in [6.07, 6.45) is 2.59. The lowest BCUT2D eigenvalue weighted by Gasteiger charge is -2.32. The second-order valence-electron chi connectivity index (χ2n) is 8.38. The van der Waals surface area contributed by atoms with Crippen LogP contribution in [-0.4, -0.2) is 44.5 Å². The zero-order chi connectivity index (χ0) is 22.5. The van der Waals surface area contributed by atoms with Crippen LogP contribution in [0.1, 0.15) is 44.5 Å². The zero-order valence-electron chi connectivity index (χ0n) is 18.1. The highest BCUT2D eigenvalue weighted by Crippen LogP contribution is 2.33. The number of para-hydroxylation sites is 2. The van der Waals surface area contributed by atoms with Gasteiger partial charge in [-0.05, 0) is 38.8 Å². The minimum absolute atomic E-state index is 0.0882. The maximum Gasteiger partial charge on any atom is 0.330 e. The molecule has 0 N–H and O–H groups in total. The third-order valence-electron chi connectivity index (χ3n) is 5.92. The molecule has 9 nitrogen and oxygen atoms in total. The molecular formula is C21H27N5O4S. The van der Waals surface area contributed by atoms with Gasteiger partial charge in [0.05, 0.1) is 11.0 Å². The van der Waals surface area contributed by atoms with E-state index in [1.807, 2.05) is 24.3 Å². The molecule has 0 radical (unpaired) electrons. The van der Waals surface area contributed by atoms with Gasteiger partial charge in [-0.15, -0.1) is 0 Å². The van der Waals surface area contributed by atoms with Gasteiger partial charge in [0.15, 0.2) is 4.90 Å². The van der Waals surface area contributed by atoms with Crippen molar-refractivity contribution in [1.29, 1.82) is 0 Å². The molecule has 2 aromatic heterocycles. The summed E-state index contributed by atoms with van der Waals surface area (Å²) < 4.78 is 32.2. The van der Waals surface area contributed by atoms with E-state index in [9.17, 15) is 18.0 Å². The molecule has 31 heavy (non-hydrogen) atoms. The summed E-state index contributed by atoms with van der Waals surface area (Å²) in [7, 11) is -1.33. The van der Waals surface area contributed by atoms with E-state index < -0.39 is 21.3 Å². The highest BCUT2D eigenvalue weighted by Gasteiger charge is 2.35. The van der Waals surface area contributed by atoms with E-state index in [4.69, 9.17) is 4.98 Å². The van der Waals surface area contributed by atoms with Gasteiger partial charge >= 0.3 is 5.69 Å². The predicted octanol–water partition coefficient (Wildman–Crippen LogP) is 1.58. The van der Waals surface area contributed by atoms with Crippen LogP contribution in [0.2, 0.25) is 0 Å². The van der Waals surface area contributed by atoms with Gasteiger partial charge in [-0.2, -0.15) is 4.31 Å². The molecule has 0 saturated carbocycles. The van der Waals surface area contributed by atoms with E-state index >= 15 is 0 Å². The van der Waals surface area contributed by atoms with Crippen molar-refractivity contribution < 1.29 is 8.42 Å². The lowest BCUT2D eigenvalue weighted by molar-refractivity contribution is 0.302. The monoisotopic (exact) mass is 445 g/mol. The summed E-state index contributed by atoms with van der Waals surface area (Å²) in [6.45, 7) is 4.74. The molecule has 0 aliphatic carbocycles. The Morgan fingerprint density at radius 1 is 1.13 bits per heavy atom. The van der Waals surface area contributed by atoms with Crippen LogP contribution in [0.25, 0.3) is 11.0 Å². The van der Waals surface area contributed by atoms with Crippen LogP contribution in [0.3, 0.4) is 0 Å². The van der Waals surface area contributed by atoms with Gasteiger partial charge in [-0.3, -0.25) is 9.36 Å². The van der Waals surface area contributed by atoms with E-state index in [2.05, 4.69) is 18.4 Å². The quantitative estimate of drug-likeness (QED) is 0.607. The van der Waals surface area contributed by atoms with Crippen LogP contribution in [-0.2, 0) is 24.1 Å². The standard InChI is InChI=1S/C21H27N5O4S/c1-14(2)26-17-10-6-5-9-16(17)22-19(26)15-8-7-11-25(12-15)31(29,30)18-13-23(3)21(28)24(4)20(18)27/h5-6,9-10,13-15H,7-8,11-12H2,1-4H3/t15-/m0/s1. The van der Waals surface area contributed by atoms with Gasteiger partial charge in [-0.25, -0.2) is 18.2 Å². The molecule has 0 bridgehead atoms. The smallest absolute Gasteiger partial charge is 0.325 e. The lowest BCUT2D eigenvalue weighted by Crippen LogP contribution is -2.45. The van der Waals surface area contributed by atoms with Crippen molar-refractivity contribution in [3.63, 3.8) is 0 Å². The Kier molecular flexibility index (Phi) is 5.38. The first kappa shape index (κ1) is 21.5. The summed E-state index contributed by atoms with van der Waals surface area (Å²) in [5, 5.41) is 0. The number of hydrogen-bond donors (Lipinski definition) is 0. The molecule has 1 saturated heterocycles. The fraction of sp³-hybridized carbons (Fsp3) is 0.476. The van der Waals surface area contributed by atoms with E-state index in [0.717, 1.165) is 38.6 Å². The average Bonchev–Trinajstić information content (AvgIpc) is 3.14. The molecular weight excluding hydrogens is 418 g/mol. The number of aromatic nitrogens is 4. The maximum atomic E-state index is 13.4. The number of nitrogens with zero attached hydrogens (tertiary/aromatic N) is 5. The van der Waals surface area contributed by atoms with Crippen molar-refractivity contribution in [2.24, 2.45) is 14.1 Å². The molecule has 0 spiro atoms. The molecule has 10 heteroatoms. The Labute approximate surface area is 180 Å². The zero-order valence-corrected chi connectivity index (χ0v) is 19.0. The summed E-state index contributed by atoms with van der Waals surface area (Å²) in [6, 6.07) is 8.07. The van der Waals surface area contributed by atoms with Crippen molar-refractivity contribution in [3.8, 4) is 0 Å². The molecule has 1 aliphatic rings. The lowest BCUT2D eigenvalue weighted by atomic mass is 9.98. The van der Waals surface area contributed by atoms with E-state index in [-0.39, 0.29) is 23.4 Å². The van der Waals surface area contributed by atoms with Crippen molar-refractivity contribution >= 4 is 21.1 Å². The van der Waals surface area contributed by atoms with Crippen LogP contribution in [0.4, 0.5) is 0 Å². The Hall–Kier alpha value is -2.72. The molecule has 166 valence electrons. The SMILES string of the molecule is CC(C)n1c([C@H]2CCCN(S(=O)(=O)c3cn(C)c(=O)n(C)c3=O)C2)nc2ccccc21. The Bertz CT molecular complexity index is 1370. The highest BCUT2D eigenvalue weighted by molar-refractivity contribution is 7.89. The number of aryl methyl sites for hydroxylation is 1. The van der Waals surface area contributed by atoms with Crippen molar-refractivity contribution in [1.82, 2.24) is 23.0 Å². The molecule has 1 aromatic carbocycles. The van der Waals surface area contributed by atoms with Crippen LogP contribution >= 0.6 is 0 Å². The fourth-order valence-electron chi connectivity index (χ4n) is 4.36. The van der Waals surface area contributed by atoms with E-state index in [0.29, 0.717) is 13.0 Å². The maximum absolute atomic E-state index is 13.4. The van der Waals surface area contributed by atoms with Crippen LogP contribution in [0, 0.1) is 0 Å². The third kappa shape index (κ3) is 3.53.